The summed E-state index contributed by atoms with van der Waals surface area (Å²) in [6.45, 7) is 7.56. The monoisotopic (exact) mass is 415 g/mol. The standard InChI is InChI=1S/C21H21NO6S/c1-10-7-16-19(20-18(10)11(2)13(4)27-20)12(3)15(21(24)28-16)8-17(23)22-14-5-6-29(25,26)9-14/h5-7,14H,8-9H2,1-4H3,(H,22,23). The Balaban J connectivity index is 1.77. The third-order valence-corrected chi connectivity index (χ3v) is 6.89. The molecule has 0 saturated carbocycles. The number of sulfone groups is 1. The molecule has 152 valence electrons. The number of furan rings is 1. The zero-order valence-corrected chi connectivity index (χ0v) is 17.4. The minimum Gasteiger partial charge on any atom is -0.460 e. The molecule has 1 aliphatic heterocycles. The van der Waals surface area contributed by atoms with E-state index in [1.807, 2.05) is 26.8 Å². The van der Waals surface area contributed by atoms with Gasteiger partial charge in [-0.25, -0.2) is 13.2 Å². The quantitative estimate of drug-likeness (QED) is 0.659. The van der Waals surface area contributed by atoms with Gasteiger partial charge in [-0.1, -0.05) is 0 Å². The molecule has 29 heavy (non-hydrogen) atoms. The molecule has 8 heteroatoms. The van der Waals surface area contributed by atoms with Crippen LogP contribution in [0.5, 0.6) is 0 Å². The number of benzene rings is 1. The van der Waals surface area contributed by atoms with E-state index >= 15 is 0 Å². The van der Waals surface area contributed by atoms with Crippen LogP contribution in [0.25, 0.3) is 21.9 Å². The number of fused-ring (bicyclic) bond motifs is 3. The molecule has 4 rings (SSSR count). The Morgan fingerprint density at radius 1 is 1.14 bits per heavy atom. The number of hydrogen-bond donors (Lipinski definition) is 1. The van der Waals surface area contributed by atoms with Gasteiger partial charge >= 0.3 is 5.63 Å². The highest BCUT2D eigenvalue weighted by Gasteiger charge is 2.25. The van der Waals surface area contributed by atoms with Crippen LogP contribution in [-0.2, 0) is 21.1 Å². The van der Waals surface area contributed by atoms with Crippen molar-refractivity contribution in [2.75, 3.05) is 5.75 Å². The van der Waals surface area contributed by atoms with Crippen molar-refractivity contribution in [3.63, 3.8) is 0 Å². The van der Waals surface area contributed by atoms with Crippen LogP contribution in [-0.4, -0.2) is 26.1 Å². The van der Waals surface area contributed by atoms with Gasteiger partial charge in [0, 0.05) is 10.8 Å². The van der Waals surface area contributed by atoms with E-state index in [2.05, 4.69) is 5.32 Å². The van der Waals surface area contributed by atoms with Gasteiger partial charge in [-0.3, -0.25) is 4.79 Å². The van der Waals surface area contributed by atoms with Gasteiger partial charge in [0.05, 0.1) is 29.2 Å². The number of aryl methyl sites for hydroxylation is 4. The molecule has 2 aromatic heterocycles. The molecule has 1 aromatic carbocycles. The molecule has 1 aliphatic rings. The highest BCUT2D eigenvalue weighted by Crippen LogP contribution is 2.36. The SMILES string of the molecule is Cc1oc2c(c(C)cc3oc(=O)c(CC(=O)NC4C=CS(=O)(=O)C4)c(C)c32)c1C. The molecular weight excluding hydrogens is 394 g/mol. The van der Waals surface area contributed by atoms with Crippen LogP contribution >= 0.6 is 0 Å². The summed E-state index contributed by atoms with van der Waals surface area (Å²) in [4.78, 5) is 25.0. The molecule has 0 fully saturated rings. The second-order valence-electron chi connectivity index (χ2n) is 7.56. The lowest BCUT2D eigenvalue weighted by Gasteiger charge is -2.12. The Kier molecular flexibility index (Phi) is 4.42. The lowest BCUT2D eigenvalue weighted by molar-refractivity contribution is -0.120. The van der Waals surface area contributed by atoms with Gasteiger partial charge in [0.2, 0.25) is 5.91 Å². The number of carbonyl (C=O) groups excluding carboxylic acids is 1. The highest BCUT2D eigenvalue weighted by atomic mass is 32.2. The third-order valence-electron chi connectivity index (χ3n) is 5.49. The van der Waals surface area contributed by atoms with Gasteiger partial charge in [0.15, 0.2) is 9.84 Å². The van der Waals surface area contributed by atoms with Crippen molar-refractivity contribution in [1.29, 1.82) is 0 Å². The Morgan fingerprint density at radius 3 is 2.52 bits per heavy atom. The first kappa shape index (κ1) is 19.4. The molecule has 1 unspecified atom stereocenters. The van der Waals surface area contributed by atoms with Crippen molar-refractivity contribution in [1.82, 2.24) is 5.32 Å². The Labute approximate surface area is 167 Å². The Bertz CT molecular complexity index is 1370. The maximum absolute atomic E-state index is 12.6. The number of rotatable bonds is 3. The molecule has 0 aliphatic carbocycles. The van der Waals surface area contributed by atoms with E-state index in [-0.39, 0.29) is 17.7 Å². The van der Waals surface area contributed by atoms with Crippen LogP contribution in [0.1, 0.15) is 28.0 Å². The average molecular weight is 415 g/mol. The third kappa shape index (κ3) is 3.27. The number of nitrogens with one attached hydrogen (secondary N) is 1. The first-order chi connectivity index (χ1) is 13.6. The van der Waals surface area contributed by atoms with Gasteiger partial charge in [-0.2, -0.15) is 0 Å². The van der Waals surface area contributed by atoms with E-state index in [1.165, 1.54) is 6.08 Å². The van der Waals surface area contributed by atoms with Crippen molar-refractivity contribution in [3.8, 4) is 0 Å². The summed E-state index contributed by atoms with van der Waals surface area (Å²) in [6.07, 6.45) is 1.23. The molecule has 0 saturated heterocycles. The molecule has 3 heterocycles. The van der Waals surface area contributed by atoms with Gasteiger partial charge in [0.1, 0.15) is 16.9 Å². The molecule has 3 aromatic rings. The molecule has 0 spiro atoms. The van der Waals surface area contributed by atoms with Crippen molar-refractivity contribution in [2.45, 2.75) is 40.2 Å². The van der Waals surface area contributed by atoms with Crippen molar-refractivity contribution in [2.24, 2.45) is 0 Å². The topological polar surface area (TPSA) is 107 Å². The lowest BCUT2D eigenvalue weighted by atomic mass is 9.98. The van der Waals surface area contributed by atoms with Crippen LogP contribution in [0.15, 0.2) is 31.2 Å². The van der Waals surface area contributed by atoms with Gasteiger partial charge in [-0.15, -0.1) is 0 Å². The summed E-state index contributed by atoms with van der Waals surface area (Å²) >= 11 is 0. The minimum atomic E-state index is -3.28. The van der Waals surface area contributed by atoms with E-state index in [4.69, 9.17) is 8.83 Å². The summed E-state index contributed by atoms with van der Waals surface area (Å²) in [6, 6.07) is 1.22. The van der Waals surface area contributed by atoms with Crippen molar-refractivity contribution in [3.05, 3.63) is 56.0 Å². The average Bonchev–Trinajstić information content (AvgIpc) is 3.10. The number of hydrogen-bond acceptors (Lipinski definition) is 6. The van der Waals surface area contributed by atoms with Crippen LogP contribution in [0.2, 0.25) is 0 Å². The maximum atomic E-state index is 12.6. The molecule has 0 radical (unpaired) electrons. The fourth-order valence-corrected chi connectivity index (χ4v) is 5.16. The molecule has 1 amide bonds. The van der Waals surface area contributed by atoms with E-state index in [0.717, 1.165) is 27.7 Å². The molecule has 1 N–H and O–H groups in total. The molecular formula is C21H21NO6S. The van der Waals surface area contributed by atoms with Gasteiger partial charge < -0.3 is 14.2 Å². The van der Waals surface area contributed by atoms with Gasteiger partial charge in [-0.05, 0) is 56.5 Å². The molecule has 7 nitrogen and oxygen atoms in total. The Hall–Kier alpha value is -2.87. The van der Waals surface area contributed by atoms with Crippen LogP contribution in [0, 0.1) is 27.7 Å². The summed E-state index contributed by atoms with van der Waals surface area (Å²) in [5.74, 6) is 0.172. The second kappa shape index (κ2) is 6.59. The predicted octanol–water partition coefficient (Wildman–Crippen LogP) is 2.74. The van der Waals surface area contributed by atoms with Crippen molar-refractivity contribution < 1.29 is 22.0 Å². The summed E-state index contributed by atoms with van der Waals surface area (Å²) in [5.41, 5.74) is 3.31. The summed E-state index contributed by atoms with van der Waals surface area (Å²) in [7, 11) is -3.28. The highest BCUT2D eigenvalue weighted by molar-refractivity contribution is 7.94. The zero-order chi connectivity index (χ0) is 21.1. The zero-order valence-electron chi connectivity index (χ0n) is 16.6. The summed E-state index contributed by atoms with van der Waals surface area (Å²) in [5, 5.41) is 5.38. The fraction of sp³-hybridized carbons (Fsp3) is 0.333. The number of carbonyl (C=O) groups is 1. The van der Waals surface area contributed by atoms with Crippen molar-refractivity contribution >= 4 is 37.7 Å². The predicted molar refractivity (Wildman–Crippen MR) is 110 cm³/mol. The van der Waals surface area contributed by atoms with Gasteiger partial charge in [0.25, 0.3) is 0 Å². The summed E-state index contributed by atoms with van der Waals surface area (Å²) < 4.78 is 34.5. The van der Waals surface area contributed by atoms with E-state index < -0.39 is 27.4 Å². The smallest absolute Gasteiger partial charge is 0.340 e. The first-order valence-electron chi connectivity index (χ1n) is 9.23. The normalized spacial score (nSPS) is 18.0. The first-order valence-corrected chi connectivity index (χ1v) is 10.9. The fourth-order valence-electron chi connectivity index (χ4n) is 3.92. The van der Waals surface area contributed by atoms with Crippen LogP contribution in [0.3, 0.4) is 0 Å². The molecule has 0 bridgehead atoms. The van der Waals surface area contributed by atoms with Crippen LogP contribution in [0.4, 0.5) is 0 Å². The molecule has 1 atom stereocenters. The number of amides is 1. The van der Waals surface area contributed by atoms with Crippen LogP contribution < -0.4 is 10.9 Å². The van der Waals surface area contributed by atoms with E-state index in [9.17, 15) is 18.0 Å². The lowest BCUT2D eigenvalue weighted by Crippen LogP contribution is -2.37. The maximum Gasteiger partial charge on any atom is 0.340 e. The minimum absolute atomic E-state index is 0.172. The second-order valence-corrected chi connectivity index (χ2v) is 9.49. The largest absolute Gasteiger partial charge is 0.460 e. The Morgan fingerprint density at radius 2 is 1.86 bits per heavy atom. The van der Waals surface area contributed by atoms with E-state index in [1.54, 1.807) is 6.92 Å². The van der Waals surface area contributed by atoms with E-state index in [0.29, 0.717) is 22.1 Å².